The Kier molecular flexibility index (Phi) is 7.97. The highest BCUT2D eigenvalue weighted by molar-refractivity contribution is 6.42. The number of hydrogen-bond donors (Lipinski definition) is 1. The number of hydrogen-bond acceptors (Lipinski definition) is 6. The fourth-order valence-corrected chi connectivity index (χ4v) is 2.76. The zero-order valence-electron chi connectivity index (χ0n) is 15.3. The molecule has 0 aromatic heterocycles. The van der Waals surface area contributed by atoms with Crippen LogP contribution in [0.4, 0.5) is 11.4 Å². The molecule has 0 bridgehead atoms. The van der Waals surface area contributed by atoms with Gasteiger partial charge in [-0.15, -0.1) is 0 Å². The number of halogens is 2. The number of nitrogens with one attached hydrogen (secondary N) is 1. The van der Waals surface area contributed by atoms with E-state index >= 15 is 0 Å². The molecule has 0 radical (unpaired) electrons. The average Bonchev–Trinajstić information content (AvgIpc) is 2.65. The highest BCUT2D eigenvalue weighted by Gasteiger charge is 2.29. The molecule has 0 unspecified atom stereocenters. The lowest BCUT2D eigenvalue weighted by Crippen LogP contribution is -2.24. The van der Waals surface area contributed by atoms with Gasteiger partial charge in [0.1, 0.15) is 12.8 Å². The van der Waals surface area contributed by atoms with Gasteiger partial charge in [-0.05, 0) is 19.1 Å². The van der Waals surface area contributed by atoms with Crippen molar-refractivity contribution in [2.24, 2.45) is 0 Å². The number of carbonyl (C=O) groups excluding carboxylic acids is 1. The summed E-state index contributed by atoms with van der Waals surface area (Å²) < 4.78 is 12.1. The first-order valence-electron chi connectivity index (χ1n) is 8.15. The Balaban J connectivity index is 2.44. The number of benzene rings is 1. The molecule has 27 heavy (non-hydrogen) atoms. The van der Waals surface area contributed by atoms with E-state index in [-0.39, 0.29) is 13.2 Å². The van der Waals surface area contributed by atoms with Gasteiger partial charge in [0, 0.05) is 10.8 Å². The zero-order chi connectivity index (χ0) is 19.8. The molecular formula is C18H21Cl2N2O5+. The molecule has 0 saturated heterocycles. The summed E-state index contributed by atoms with van der Waals surface area (Å²) in [7, 11) is 2.99. The zero-order valence-corrected chi connectivity index (χ0v) is 16.8. The Labute approximate surface area is 167 Å². The first-order chi connectivity index (χ1) is 13.0. The summed E-state index contributed by atoms with van der Waals surface area (Å²) in [5, 5.41) is 0.708. The van der Waals surface area contributed by atoms with Gasteiger partial charge in [-0.1, -0.05) is 35.4 Å². The second-order valence-electron chi connectivity index (χ2n) is 5.27. The van der Waals surface area contributed by atoms with Crippen molar-refractivity contribution in [2.45, 2.75) is 13.3 Å². The van der Waals surface area contributed by atoms with E-state index in [9.17, 15) is 4.79 Å². The summed E-state index contributed by atoms with van der Waals surface area (Å²) in [6, 6.07) is 3.26. The maximum Gasteiger partial charge on any atom is 0.344 e. The second kappa shape index (κ2) is 10.2. The van der Waals surface area contributed by atoms with Gasteiger partial charge in [0.25, 0.3) is 11.4 Å². The predicted molar refractivity (Wildman–Crippen MR) is 103 cm³/mol. The van der Waals surface area contributed by atoms with Crippen molar-refractivity contribution in [2.75, 3.05) is 32.9 Å². The van der Waals surface area contributed by atoms with Crippen LogP contribution in [0.15, 0.2) is 36.1 Å². The van der Waals surface area contributed by atoms with Gasteiger partial charge in [-0.3, -0.25) is 15.2 Å². The van der Waals surface area contributed by atoms with Crippen LogP contribution in [0.5, 0.6) is 0 Å². The summed E-state index contributed by atoms with van der Waals surface area (Å²) in [4.78, 5) is 22.2. The number of ether oxygens (including phenoxy) is 2. The third-order valence-electron chi connectivity index (χ3n) is 3.53. The quantitative estimate of drug-likeness (QED) is 0.392. The normalized spacial score (nSPS) is 15.1. The second-order valence-corrected chi connectivity index (χ2v) is 6.08. The van der Waals surface area contributed by atoms with Gasteiger partial charge in [-0.25, -0.2) is 4.79 Å². The summed E-state index contributed by atoms with van der Waals surface area (Å²) in [6.45, 7) is 1.82. The van der Waals surface area contributed by atoms with Crippen molar-refractivity contribution in [3.05, 3.63) is 46.2 Å². The monoisotopic (exact) mass is 415 g/mol. The van der Waals surface area contributed by atoms with E-state index in [0.717, 1.165) is 0 Å². The van der Waals surface area contributed by atoms with E-state index in [1.165, 1.54) is 19.0 Å². The van der Waals surface area contributed by atoms with Gasteiger partial charge in [0.05, 0.1) is 30.2 Å². The number of esters is 1. The molecule has 0 atom stereocenters. The number of allylic oxidation sites excluding steroid dienone is 4. The van der Waals surface area contributed by atoms with E-state index in [1.54, 1.807) is 25.1 Å². The Morgan fingerprint density at radius 1 is 1.26 bits per heavy atom. The number of carbonyl (C=O) groups is 1. The summed E-state index contributed by atoms with van der Waals surface area (Å²) in [6.07, 6.45) is 6.01. The van der Waals surface area contributed by atoms with Crippen LogP contribution in [0.3, 0.4) is 0 Å². The lowest BCUT2D eigenvalue weighted by atomic mass is 10.1. The van der Waals surface area contributed by atoms with Gasteiger partial charge < -0.3 is 9.47 Å². The highest BCUT2D eigenvalue weighted by Crippen LogP contribution is 2.35. The van der Waals surface area contributed by atoms with Crippen LogP contribution >= 0.6 is 23.2 Å². The molecule has 1 aromatic carbocycles. The molecule has 1 aromatic rings. The lowest BCUT2D eigenvalue weighted by molar-refractivity contribution is -0.720. The van der Waals surface area contributed by atoms with Crippen LogP contribution in [0.1, 0.15) is 13.3 Å². The first-order valence-corrected chi connectivity index (χ1v) is 8.91. The van der Waals surface area contributed by atoms with Crippen LogP contribution in [-0.2, 0) is 23.9 Å². The molecule has 0 aliphatic heterocycles. The van der Waals surface area contributed by atoms with Gasteiger partial charge in [0.15, 0.2) is 12.4 Å². The largest absolute Gasteiger partial charge is 0.475 e. The molecule has 2 rings (SSSR count). The van der Waals surface area contributed by atoms with Gasteiger partial charge in [-0.2, -0.15) is 0 Å². The molecule has 0 spiro atoms. The Bertz CT molecular complexity index is 790. The fraction of sp³-hybridized carbons (Fsp3) is 0.333. The third kappa shape index (κ3) is 5.38. The van der Waals surface area contributed by atoms with Crippen LogP contribution in [-0.4, -0.2) is 43.9 Å². The van der Waals surface area contributed by atoms with Crippen molar-refractivity contribution in [1.82, 2.24) is 0 Å². The van der Waals surface area contributed by atoms with Crippen LogP contribution < -0.4 is 5.48 Å². The standard InChI is InChI=1S/C18H21Cl2N2O5/c1-4-26-18(23)11-27-17-8-6-5-7-15(17)22(25-3)16-10-13(20)12(19)9-14(16)21-24-2/h5-6,8-10,21H,4,7,11H2,1-3H3/q+1/b22-15-. The topological polar surface area (TPSA) is 69.0 Å². The van der Waals surface area contributed by atoms with E-state index in [4.69, 9.17) is 42.4 Å². The molecular weight excluding hydrogens is 395 g/mol. The molecule has 1 aliphatic rings. The summed E-state index contributed by atoms with van der Waals surface area (Å²) >= 11 is 12.3. The van der Waals surface area contributed by atoms with E-state index < -0.39 is 5.97 Å². The smallest absolute Gasteiger partial charge is 0.344 e. The third-order valence-corrected chi connectivity index (χ3v) is 4.25. The lowest BCUT2D eigenvalue weighted by Gasteiger charge is -2.14. The Morgan fingerprint density at radius 2 is 2.00 bits per heavy atom. The Morgan fingerprint density at radius 3 is 2.67 bits per heavy atom. The van der Waals surface area contributed by atoms with Crippen LogP contribution in [0.25, 0.3) is 0 Å². The Hall–Kier alpha value is -2.22. The molecule has 0 heterocycles. The molecule has 9 heteroatoms. The maximum atomic E-state index is 11.6. The molecule has 1 N–H and O–H groups in total. The number of anilines is 1. The highest BCUT2D eigenvalue weighted by atomic mass is 35.5. The van der Waals surface area contributed by atoms with Crippen LogP contribution in [0, 0.1) is 0 Å². The molecule has 1 aliphatic carbocycles. The molecule has 0 amide bonds. The number of rotatable bonds is 8. The average molecular weight is 416 g/mol. The van der Waals surface area contributed by atoms with Gasteiger partial charge >= 0.3 is 5.97 Å². The van der Waals surface area contributed by atoms with E-state index in [0.29, 0.717) is 39.3 Å². The van der Waals surface area contributed by atoms with Crippen molar-refractivity contribution < 1.29 is 28.7 Å². The van der Waals surface area contributed by atoms with Crippen LogP contribution in [0.2, 0.25) is 10.0 Å². The molecule has 7 nitrogen and oxygen atoms in total. The maximum absolute atomic E-state index is 11.6. The van der Waals surface area contributed by atoms with Crippen molar-refractivity contribution in [3.8, 4) is 0 Å². The molecule has 146 valence electrons. The summed E-state index contributed by atoms with van der Waals surface area (Å²) in [5.41, 5.74) is 4.52. The first kappa shape index (κ1) is 21.1. The SMILES string of the molecule is CCOC(=O)COC1=CC=CC/C1=[N+](/OC)c1cc(Cl)c(Cl)cc1NOC. The summed E-state index contributed by atoms with van der Waals surface area (Å²) in [5.74, 6) is 0.0226. The minimum absolute atomic E-state index is 0.209. The van der Waals surface area contributed by atoms with Gasteiger partial charge in [0.2, 0.25) is 0 Å². The van der Waals surface area contributed by atoms with Crippen molar-refractivity contribution in [3.63, 3.8) is 0 Å². The van der Waals surface area contributed by atoms with E-state index in [1.807, 2.05) is 12.2 Å². The molecule has 0 saturated carbocycles. The minimum atomic E-state index is -0.451. The number of nitrogens with zero attached hydrogens (tertiary/aromatic N) is 1. The fourth-order valence-electron chi connectivity index (χ4n) is 2.44. The predicted octanol–water partition coefficient (Wildman–Crippen LogP) is 4.04. The minimum Gasteiger partial charge on any atom is -0.475 e. The van der Waals surface area contributed by atoms with Crippen molar-refractivity contribution in [1.29, 1.82) is 0 Å². The van der Waals surface area contributed by atoms with Crippen molar-refractivity contribution >= 4 is 46.3 Å². The molecule has 0 fully saturated rings. The van der Waals surface area contributed by atoms with E-state index in [2.05, 4.69) is 5.48 Å².